The van der Waals surface area contributed by atoms with Crippen LogP contribution in [0.2, 0.25) is 0 Å². The van der Waals surface area contributed by atoms with Gasteiger partial charge >= 0.3 is 0 Å². The van der Waals surface area contributed by atoms with Gasteiger partial charge in [0.05, 0.1) is 17.6 Å². The quantitative estimate of drug-likeness (QED) is 0.294. The van der Waals surface area contributed by atoms with Gasteiger partial charge in [-0.1, -0.05) is 57.2 Å². The Labute approximate surface area is 193 Å². The van der Waals surface area contributed by atoms with Gasteiger partial charge in [-0.2, -0.15) is 5.10 Å². The number of rotatable bonds is 8. The van der Waals surface area contributed by atoms with Crippen molar-refractivity contribution in [2.75, 3.05) is 0 Å². The van der Waals surface area contributed by atoms with Crippen LogP contribution in [-0.2, 0) is 23.2 Å². The highest BCUT2D eigenvalue weighted by Gasteiger charge is 2.13. The van der Waals surface area contributed by atoms with Gasteiger partial charge in [0.25, 0.3) is 5.69 Å². The first-order valence-corrected chi connectivity index (χ1v) is 10.6. The summed E-state index contributed by atoms with van der Waals surface area (Å²) in [6.45, 7) is 6.74. The highest BCUT2D eigenvalue weighted by Crippen LogP contribution is 2.22. The number of non-ortho nitro benzene ring substituents is 1. The molecule has 1 N–H and O–H groups in total. The third kappa shape index (κ3) is 7.28. The molecule has 0 fully saturated rings. The van der Waals surface area contributed by atoms with Gasteiger partial charge in [-0.3, -0.25) is 14.9 Å². The average molecular weight is 446 g/mol. The fraction of sp³-hybridized carbons (Fsp3) is 0.231. The van der Waals surface area contributed by atoms with Gasteiger partial charge in [-0.15, -0.1) is 0 Å². The van der Waals surface area contributed by atoms with E-state index in [1.165, 1.54) is 17.7 Å². The second-order valence-electron chi connectivity index (χ2n) is 8.70. The standard InChI is InChI=1S/C26H27N3O4/c1-26(2,3)22-11-7-19(8-12-22)16-25(30)28-27-17-21-5-4-6-24(15-21)33-18-20-9-13-23(14-10-20)29(31)32/h4-15,17H,16,18H2,1-3H3,(H,28,30)/b27-17-. The predicted octanol–water partition coefficient (Wildman–Crippen LogP) is 5.16. The van der Waals surface area contributed by atoms with E-state index in [2.05, 4.69) is 31.3 Å². The number of hydrogen-bond acceptors (Lipinski definition) is 5. The van der Waals surface area contributed by atoms with Gasteiger partial charge < -0.3 is 4.74 Å². The Bertz CT molecular complexity index is 1130. The second-order valence-corrected chi connectivity index (χ2v) is 8.70. The maximum Gasteiger partial charge on any atom is 0.269 e. The number of nitro groups is 1. The Morgan fingerprint density at radius 1 is 1.03 bits per heavy atom. The molecule has 0 spiro atoms. The van der Waals surface area contributed by atoms with Crippen molar-refractivity contribution >= 4 is 17.8 Å². The van der Waals surface area contributed by atoms with Crippen LogP contribution in [0.1, 0.15) is 43.0 Å². The van der Waals surface area contributed by atoms with Crippen LogP contribution in [0.25, 0.3) is 0 Å². The van der Waals surface area contributed by atoms with Crippen molar-refractivity contribution < 1.29 is 14.5 Å². The third-order valence-corrected chi connectivity index (χ3v) is 5.00. The number of carbonyl (C=O) groups excluding carboxylic acids is 1. The minimum atomic E-state index is -0.436. The minimum absolute atomic E-state index is 0.0425. The SMILES string of the molecule is CC(C)(C)c1ccc(CC(=O)N/N=C\c2cccc(OCc3ccc([N+](=O)[O-])cc3)c2)cc1. The number of hydrogen-bond donors (Lipinski definition) is 1. The van der Waals surface area contributed by atoms with E-state index in [0.29, 0.717) is 5.75 Å². The molecule has 0 aromatic heterocycles. The monoisotopic (exact) mass is 445 g/mol. The van der Waals surface area contributed by atoms with E-state index in [0.717, 1.165) is 16.7 Å². The van der Waals surface area contributed by atoms with Gasteiger partial charge in [0.15, 0.2) is 0 Å². The van der Waals surface area contributed by atoms with Crippen molar-refractivity contribution in [2.45, 2.75) is 39.2 Å². The van der Waals surface area contributed by atoms with Crippen LogP contribution in [0.5, 0.6) is 5.75 Å². The number of benzene rings is 3. The highest BCUT2D eigenvalue weighted by molar-refractivity contribution is 5.83. The molecule has 0 aliphatic rings. The maximum absolute atomic E-state index is 12.2. The molecule has 0 atom stereocenters. The van der Waals surface area contributed by atoms with Crippen LogP contribution in [0.3, 0.4) is 0 Å². The number of ether oxygens (including phenoxy) is 1. The molecule has 0 aliphatic heterocycles. The van der Waals surface area contributed by atoms with Crippen molar-refractivity contribution in [3.8, 4) is 5.75 Å². The zero-order chi connectivity index (χ0) is 23.8. The smallest absolute Gasteiger partial charge is 0.269 e. The average Bonchev–Trinajstić information content (AvgIpc) is 2.78. The van der Waals surface area contributed by atoms with Gasteiger partial charge in [-0.25, -0.2) is 5.43 Å². The first-order chi connectivity index (χ1) is 15.7. The molecular weight excluding hydrogens is 418 g/mol. The number of nitro benzene ring substituents is 1. The Balaban J connectivity index is 1.50. The van der Waals surface area contributed by atoms with Gasteiger partial charge in [0.1, 0.15) is 12.4 Å². The van der Waals surface area contributed by atoms with Crippen molar-refractivity contribution in [1.29, 1.82) is 0 Å². The number of amides is 1. The highest BCUT2D eigenvalue weighted by atomic mass is 16.6. The summed E-state index contributed by atoms with van der Waals surface area (Å²) in [6.07, 6.45) is 1.81. The number of nitrogens with one attached hydrogen (secondary N) is 1. The van der Waals surface area contributed by atoms with Crippen LogP contribution < -0.4 is 10.2 Å². The number of carbonyl (C=O) groups is 1. The molecule has 0 unspecified atom stereocenters. The summed E-state index contributed by atoms with van der Waals surface area (Å²) in [5.41, 5.74) is 6.41. The first-order valence-electron chi connectivity index (χ1n) is 10.6. The van der Waals surface area contributed by atoms with Gasteiger partial charge in [0.2, 0.25) is 5.91 Å². The number of nitrogens with zero attached hydrogens (tertiary/aromatic N) is 2. The molecule has 3 aromatic rings. The zero-order valence-corrected chi connectivity index (χ0v) is 18.9. The molecule has 0 aliphatic carbocycles. The molecule has 7 nitrogen and oxygen atoms in total. The van der Waals surface area contributed by atoms with Gasteiger partial charge in [-0.05, 0) is 51.9 Å². The van der Waals surface area contributed by atoms with E-state index in [9.17, 15) is 14.9 Å². The lowest BCUT2D eigenvalue weighted by atomic mass is 9.86. The fourth-order valence-corrected chi connectivity index (χ4v) is 3.09. The predicted molar refractivity (Wildman–Crippen MR) is 128 cm³/mol. The van der Waals surface area contributed by atoms with Gasteiger partial charge in [0, 0.05) is 12.1 Å². The third-order valence-electron chi connectivity index (χ3n) is 5.00. The second kappa shape index (κ2) is 10.5. The normalized spacial score (nSPS) is 11.4. The van der Waals surface area contributed by atoms with E-state index in [4.69, 9.17) is 4.74 Å². The molecule has 0 saturated heterocycles. The van der Waals surface area contributed by atoms with E-state index in [-0.39, 0.29) is 30.0 Å². The maximum atomic E-state index is 12.2. The molecule has 3 rings (SSSR count). The van der Waals surface area contributed by atoms with E-state index < -0.39 is 4.92 Å². The van der Waals surface area contributed by atoms with Crippen LogP contribution in [0, 0.1) is 10.1 Å². The summed E-state index contributed by atoms with van der Waals surface area (Å²) < 4.78 is 5.75. The largest absolute Gasteiger partial charge is 0.489 e. The summed E-state index contributed by atoms with van der Waals surface area (Å²) in [5.74, 6) is 0.433. The minimum Gasteiger partial charge on any atom is -0.489 e. The molecule has 33 heavy (non-hydrogen) atoms. The van der Waals surface area contributed by atoms with Crippen LogP contribution in [0.15, 0.2) is 77.9 Å². The summed E-state index contributed by atoms with van der Waals surface area (Å²) in [5, 5.41) is 14.8. The molecular formula is C26H27N3O4. The zero-order valence-electron chi connectivity index (χ0n) is 18.9. The van der Waals surface area contributed by atoms with Crippen molar-refractivity contribution in [3.63, 3.8) is 0 Å². The number of hydrazone groups is 1. The Morgan fingerprint density at radius 2 is 1.70 bits per heavy atom. The molecule has 0 bridgehead atoms. The van der Waals surface area contributed by atoms with Crippen LogP contribution in [-0.4, -0.2) is 17.0 Å². The summed E-state index contributed by atoms with van der Waals surface area (Å²) >= 11 is 0. The summed E-state index contributed by atoms with van der Waals surface area (Å²) in [4.78, 5) is 22.5. The lowest BCUT2D eigenvalue weighted by Gasteiger charge is -2.19. The molecule has 1 amide bonds. The van der Waals surface area contributed by atoms with Crippen LogP contribution in [0.4, 0.5) is 5.69 Å². The summed E-state index contributed by atoms with van der Waals surface area (Å²) in [7, 11) is 0. The van der Waals surface area contributed by atoms with E-state index in [1.54, 1.807) is 24.4 Å². The molecule has 0 heterocycles. The summed E-state index contributed by atoms with van der Waals surface area (Å²) in [6, 6.07) is 21.5. The molecule has 0 saturated carbocycles. The van der Waals surface area contributed by atoms with E-state index >= 15 is 0 Å². The molecule has 0 radical (unpaired) electrons. The van der Waals surface area contributed by atoms with Crippen molar-refractivity contribution in [2.24, 2.45) is 5.10 Å². The van der Waals surface area contributed by atoms with Crippen molar-refractivity contribution in [1.82, 2.24) is 5.43 Å². The lowest BCUT2D eigenvalue weighted by molar-refractivity contribution is -0.384. The van der Waals surface area contributed by atoms with Crippen LogP contribution >= 0.6 is 0 Å². The first kappa shape index (κ1) is 23.7. The molecule has 7 heteroatoms. The molecule has 3 aromatic carbocycles. The Hall–Kier alpha value is -4.00. The Morgan fingerprint density at radius 3 is 2.33 bits per heavy atom. The topological polar surface area (TPSA) is 93.8 Å². The fourth-order valence-electron chi connectivity index (χ4n) is 3.09. The van der Waals surface area contributed by atoms with Crippen molar-refractivity contribution in [3.05, 3.63) is 105 Å². The van der Waals surface area contributed by atoms with E-state index in [1.807, 2.05) is 42.5 Å². The lowest BCUT2D eigenvalue weighted by Crippen LogP contribution is -2.20. The Kier molecular flexibility index (Phi) is 7.56. The molecule has 170 valence electrons.